The van der Waals surface area contributed by atoms with Gasteiger partial charge in [0, 0.05) is 25.4 Å². The molecule has 1 unspecified atom stereocenters. The lowest BCUT2D eigenvalue weighted by Crippen LogP contribution is -2.37. The highest BCUT2D eigenvalue weighted by Crippen LogP contribution is 2.22. The molecule has 0 fully saturated rings. The molecule has 1 aromatic rings. The van der Waals surface area contributed by atoms with Gasteiger partial charge in [0.2, 0.25) is 10.0 Å². The van der Waals surface area contributed by atoms with E-state index < -0.39 is 15.8 Å². The lowest BCUT2D eigenvalue weighted by atomic mass is 10.2. The molecule has 1 aromatic carbocycles. The van der Waals surface area contributed by atoms with Gasteiger partial charge in [-0.1, -0.05) is 13.0 Å². The van der Waals surface area contributed by atoms with E-state index in [0.717, 1.165) is 12.1 Å². The van der Waals surface area contributed by atoms with Crippen LogP contribution in [-0.2, 0) is 16.6 Å². The van der Waals surface area contributed by atoms with Crippen LogP contribution >= 0.6 is 11.8 Å². The number of sulfonamides is 1. The van der Waals surface area contributed by atoms with E-state index in [9.17, 15) is 12.8 Å². The second-order valence-electron chi connectivity index (χ2n) is 4.87. The van der Waals surface area contributed by atoms with Gasteiger partial charge in [-0.05, 0) is 37.4 Å². The van der Waals surface area contributed by atoms with Gasteiger partial charge in [0.05, 0.1) is 0 Å². The first kappa shape index (κ1) is 18.4. The van der Waals surface area contributed by atoms with Crippen LogP contribution in [-0.4, -0.2) is 44.4 Å². The van der Waals surface area contributed by atoms with E-state index >= 15 is 0 Å². The number of benzene rings is 1. The maximum absolute atomic E-state index is 14.0. The van der Waals surface area contributed by atoms with E-state index in [1.165, 1.54) is 23.5 Å². The quantitative estimate of drug-likeness (QED) is 0.792. The number of hydrogen-bond donors (Lipinski definition) is 1. The zero-order chi connectivity index (χ0) is 16.0. The van der Waals surface area contributed by atoms with Crippen LogP contribution in [0.4, 0.5) is 4.39 Å². The lowest BCUT2D eigenvalue weighted by molar-refractivity contribution is 0.411. The largest absolute Gasteiger partial charge is 0.313 e. The second-order valence-corrected chi connectivity index (χ2v) is 7.75. The molecule has 1 rings (SSSR count). The summed E-state index contributed by atoms with van der Waals surface area (Å²) in [4.78, 5) is -0.256. The summed E-state index contributed by atoms with van der Waals surface area (Å²) < 4.78 is 40.3. The Morgan fingerprint density at radius 1 is 1.43 bits per heavy atom. The Balaban J connectivity index is 3.12. The number of thioether (sulfide) groups is 1. The molecule has 7 heteroatoms. The molecule has 0 aliphatic rings. The van der Waals surface area contributed by atoms with E-state index in [2.05, 4.69) is 5.32 Å². The van der Waals surface area contributed by atoms with Crippen LogP contribution in [0.2, 0.25) is 0 Å². The summed E-state index contributed by atoms with van der Waals surface area (Å²) in [7, 11) is -2.33. The Morgan fingerprint density at radius 3 is 2.67 bits per heavy atom. The van der Waals surface area contributed by atoms with Crippen molar-refractivity contribution in [3.63, 3.8) is 0 Å². The fourth-order valence-electron chi connectivity index (χ4n) is 1.86. The van der Waals surface area contributed by atoms with Crippen molar-refractivity contribution in [2.24, 2.45) is 0 Å². The van der Waals surface area contributed by atoms with Crippen molar-refractivity contribution in [1.29, 1.82) is 0 Å². The van der Waals surface area contributed by atoms with Crippen molar-refractivity contribution in [2.45, 2.75) is 31.3 Å². The minimum atomic E-state index is -3.82. The number of nitrogens with one attached hydrogen (secondary N) is 1. The minimum Gasteiger partial charge on any atom is -0.313 e. The summed E-state index contributed by atoms with van der Waals surface area (Å²) in [6.07, 6.45) is 1.91. The van der Waals surface area contributed by atoms with Crippen molar-refractivity contribution < 1.29 is 12.8 Å². The fourth-order valence-corrected chi connectivity index (χ4v) is 4.14. The van der Waals surface area contributed by atoms with E-state index in [-0.39, 0.29) is 10.9 Å². The van der Waals surface area contributed by atoms with Crippen LogP contribution in [0.3, 0.4) is 0 Å². The molecule has 0 aliphatic carbocycles. The molecule has 0 saturated heterocycles. The molecule has 1 atom stereocenters. The maximum Gasteiger partial charge on any atom is 0.246 e. The van der Waals surface area contributed by atoms with Gasteiger partial charge in [-0.3, -0.25) is 0 Å². The summed E-state index contributed by atoms with van der Waals surface area (Å²) in [5.41, 5.74) is 0.753. The average Bonchev–Trinajstić information content (AvgIpc) is 2.45. The topological polar surface area (TPSA) is 49.4 Å². The molecule has 0 radical (unpaired) electrons. The first-order valence-corrected chi connectivity index (χ1v) is 9.64. The van der Waals surface area contributed by atoms with Gasteiger partial charge in [0.1, 0.15) is 10.7 Å². The van der Waals surface area contributed by atoms with Crippen LogP contribution in [0, 0.1) is 5.82 Å². The molecule has 4 nitrogen and oxygen atoms in total. The van der Waals surface area contributed by atoms with Crippen molar-refractivity contribution in [2.75, 3.05) is 25.6 Å². The highest BCUT2D eigenvalue weighted by molar-refractivity contribution is 7.98. The predicted octanol–water partition coefficient (Wildman–Crippen LogP) is 2.31. The first-order valence-electron chi connectivity index (χ1n) is 6.80. The van der Waals surface area contributed by atoms with E-state index in [1.54, 1.807) is 17.8 Å². The van der Waals surface area contributed by atoms with Crippen LogP contribution in [0.25, 0.3) is 0 Å². The summed E-state index contributed by atoms with van der Waals surface area (Å²) in [5, 5.41) is 3.10. The van der Waals surface area contributed by atoms with Crippen molar-refractivity contribution in [3.05, 3.63) is 29.6 Å². The second kappa shape index (κ2) is 8.12. The first-order chi connectivity index (χ1) is 9.84. The molecule has 0 aliphatic heterocycles. The number of hydrogen-bond acceptors (Lipinski definition) is 4. The van der Waals surface area contributed by atoms with Crippen LogP contribution in [0.1, 0.15) is 19.4 Å². The molecule has 0 heterocycles. The summed E-state index contributed by atoms with van der Waals surface area (Å²) in [6, 6.07) is 4.03. The van der Waals surface area contributed by atoms with Gasteiger partial charge in [0.15, 0.2) is 0 Å². The minimum absolute atomic E-state index is 0.193. The van der Waals surface area contributed by atoms with Gasteiger partial charge in [-0.2, -0.15) is 16.1 Å². The Bertz CT molecular complexity index is 564. The Kier molecular flexibility index (Phi) is 7.12. The summed E-state index contributed by atoms with van der Waals surface area (Å²) in [6.45, 7) is 5.06. The van der Waals surface area contributed by atoms with Gasteiger partial charge >= 0.3 is 0 Å². The molecular weight excluding hydrogens is 311 g/mol. The molecular formula is C14H23FN2O2S2. The number of nitrogens with zero attached hydrogens (tertiary/aromatic N) is 1. The van der Waals surface area contributed by atoms with Crippen LogP contribution < -0.4 is 5.32 Å². The van der Waals surface area contributed by atoms with Crippen molar-refractivity contribution in [3.8, 4) is 0 Å². The Labute approximate surface area is 131 Å². The van der Waals surface area contributed by atoms with E-state index in [1.807, 2.05) is 20.1 Å². The summed E-state index contributed by atoms with van der Waals surface area (Å²) >= 11 is 1.56. The zero-order valence-electron chi connectivity index (χ0n) is 12.9. The molecule has 0 saturated carbocycles. The normalized spacial score (nSPS) is 13.6. The highest BCUT2D eigenvalue weighted by Gasteiger charge is 2.28. The zero-order valence-corrected chi connectivity index (χ0v) is 14.5. The SMILES string of the molecule is CCNCc1ccc(F)c(S(=O)(=O)N(C)C(C)CSC)c1. The highest BCUT2D eigenvalue weighted by atomic mass is 32.2. The monoisotopic (exact) mass is 334 g/mol. The van der Waals surface area contributed by atoms with Gasteiger partial charge in [-0.15, -0.1) is 0 Å². The maximum atomic E-state index is 14.0. The van der Waals surface area contributed by atoms with Crippen LogP contribution in [0.5, 0.6) is 0 Å². The molecule has 0 amide bonds. The molecule has 0 aromatic heterocycles. The van der Waals surface area contributed by atoms with Crippen molar-refractivity contribution in [1.82, 2.24) is 9.62 Å². The smallest absolute Gasteiger partial charge is 0.246 e. The fraction of sp³-hybridized carbons (Fsp3) is 0.571. The van der Waals surface area contributed by atoms with Gasteiger partial charge in [0.25, 0.3) is 0 Å². The molecule has 120 valence electrons. The van der Waals surface area contributed by atoms with E-state index in [0.29, 0.717) is 12.3 Å². The predicted molar refractivity (Wildman–Crippen MR) is 86.6 cm³/mol. The van der Waals surface area contributed by atoms with Crippen LogP contribution in [0.15, 0.2) is 23.1 Å². The molecule has 21 heavy (non-hydrogen) atoms. The standard InChI is InChI=1S/C14H23FN2O2S2/c1-5-16-9-12-6-7-13(15)14(8-12)21(18,19)17(3)11(2)10-20-4/h6-8,11,16H,5,9-10H2,1-4H3. The average molecular weight is 334 g/mol. The van der Waals surface area contributed by atoms with Gasteiger partial charge < -0.3 is 5.32 Å². The van der Waals surface area contributed by atoms with E-state index in [4.69, 9.17) is 0 Å². The number of halogens is 1. The third kappa shape index (κ3) is 4.67. The number of rotatable bonds is 8. The Hall–Kier alpha value is -0.630. The summed E-state index contributed by atoms with van der Waals surface area (Å²) in [5.74, 6) is -0.0486. The third-order valence-electron chi connectivity index (χ3n) is 3.26. The molecule has 0 bridgehead atoms. The van der Waals surface area contributed by atoms with Gasteiger partial charge in [-0.25, -0.2) is 12.8 Å². The Morgan fingerprint density at radius 2 is 2.10 bits per heavy atom. The third-order valence-corrected chi connectivity index (χ3v) is 6.06. The molecule has 1 N–H and O–H groups in total. The lowest BCUT2D eigenvalue weighted by Gasteiger charge is -2.24. The van der Waals surface area contributed by atoms with Crippen molar-refractivity contribution >= 4 is 21.8 Å². The molecule has 0 spiro atoms.